The molecule has 4 saturated carbocycles. The molecule has 4 aliphatic carbocycles. The Bertz CT molecular complexity index is 925. The predicted octanol–water partition coefficient (Wildman–Crippen LogP) is 3.58. The normalized spacial score (nSPS) is 36.1. The summed E-state index contributed by atoms with van der Waals surface area (Å²) in [7, 11) is 0. The second kappa shape index (κ2) is 8.78. The third-order valence-corrected chi connectivity index (χ3v) is 9.34. The number of carbonyl (C=O) groups is 3. The van der Waals surface area contributed by atoms with Gasteiger partial charge in [-0.2, -0.15) is 0 Å². The van der Waals surface area contributed by atoms with E-state index in [0.29, 0.717) is 50.5 Å². The summed E-state index contributed by atoms with van der Waals surface area (Å²) in [6.07, 6.45) is 8.89. The Labute approximate surface area is 202 Å². The van der Waals surface area contributed by atoms with Crippen LogP contribution in [-0.2, 0) is 25.7 Å². The minimum atomic E-state index is -0.480. The van der Waals surface area contributed by atoms with Crippen LogP contribution < -0.4 is 0 Å². The smallest absolute Gasteiger partial charge is 0.291 e. The number of piperazine rings is 1. The first-order valence-electron chi connectivity index (χ1n) is 13.3. The molecule has 2 aliphatic heterocycles. The fourth-order valence-electron chi connectivity index (χ4n) is 8.24. The maximum Gasteiger partial charge on any atom is 0.291 e. The number of fused-ring (bicyclic) bond motifs is 2. The first-order chi connectivity index (χ1) is 16.5. The van der Waals surface area contributed by atoms with E-state index in [9.17, 15) is 14.4 Å². The third kappa shape index (κ3) is 3.88. The number of hydrogen-bond donors (Lipinski definition) is 0. The highest BCUT2D eigenvalue weighted by Crippen LogP contribution is 2.60. The van der Waals surface area contributed by atoms with E-state index in [1.807, 2.05) is 35.2 Å². The highest BCUT2D eigenvalue weighted by molar-refractivity contribution is 6.38. The molecular formula is C28H36N2O4. The second-order valence-electron chi connectivity index (χ2n) is 11.7. The molecule has 2 unspecified atom stereocenters. The SMILES string of the molecule is O=C1C2CCCC(CN1CCOCc1ccccc1)N2C(=O)C(=O)C12CC3CC(CC(C3)C1)C2. The molecule has 34 heavy (non-hydrogen) atoms. The molecule has 2 heterocycles. The summed E-state index contributed by atoms with van der Waals surface area (Å²) < 4.78 is 5.81. The zero-order chi connectivity index (χ0) is 23.3. The average molecular weight is 465 g/mol. The van der Waals surface area contributed by atoms with Crippen molar-refractivity contribution in [3.05, 3.63) is 35.9 Å². The zero-order valence-electron chi connectivity index (χ0n) is 20.0. The van der Waals surface area contributed by atoms with Crippen molar-refractivity contribution >= 4 is 17.6 Å². The Hall–Kier alpha value is -2.21. The minimum Gasteiger partial charge on any atom is -0.375 e. The molecular weight excluding hydrogens is 428 g/mol. The molecule has 1 aromatic rings. The number of rotatable bonds is 7. The van der Waals surface area contributed by atoms with Crippen LogP contribution in [0.3, 0.4) is 0 Å². The van der Waals surface area contributed by atoms with Gasteiger partial charge in [0.2, 0.25) is 11.7 Å². The molecule has 0 spiro atoms. The lowest BCUT2D eigenvalue weighted by Crippen LogP contribution is -2.67. The number of hydrogen-bond acceptors (Lipinski definition) is 4. The lowest BCUT2D eigenvalue weighted by atomic mass is 9.48. The van der Waals surface area contributed by atoms with Crippen molar-refractivity contribution < 1.29 is 19.1 Å². The maximum absolute atomic E-state index is 13.7. The highest BCUT2D eigenvalue weighted by atomic mass is 16.5. The van der Waals surface area contributed by atoms with Crippen molar-refractivity contribution in [1.82, 2.24) is 9.80 Å². The Balaban J connectivity index is 1.10. The molecule has 7 rings (SSSR count). The molecule has 1 aromatic carbocycles. The molecule has 0 aromatic heterocycles. The monoisotopic (exact) mass is 464 g/mol. The van der Waals surface area contributed by atoms with Gasteiger partial charge >= 0.3 is 0 Å². The van der Waals surface area contributed by atoms with Crippen molar-refractivity contribution in [2.24, 2.45) is 23.2 Å². The largest absolute Gasteiger partial charge is 0.375 e. The van der Waals surface area contributed by atoms with Gasteiger partial charge < -0.3 is 14.5 Å². The molecule has 2 saturated heterocycles. The van der Waals surface area contributed by atoms with Crippen molar-refractivity contribution in [1.29, 1.82) is 0 Å². The molecule has 2 atom stereocenters. The van der Waals surface area contributed by atoms with Gasteiger partial charge in [-0.05, 0) is 81.1 Å². The highest BCUT2D eigenvalue weighted by Gasteiger charge is 2.58. The Morgan fingerprint density at radius 2 is 1.65 bits per heavy atom. The molecule has 0 N–H and O–H groups in total. The van der Waals surface area contributed by atoms with Gasteiger partial charge in [0, 0.05) is 18.5 Å². The lowest BCUT2D eigenvalue weighted by Gasteiger charge is -2.56. The summed E-state index contributed by atoms with van der Waals surface area (Å²) in [5.74, 6) is 1.33. The van der Waals surface area contributed by atoms with Crippen molar-refractivity contribution in [2.75, 3.05) is 19.7 Å². The predicted molar refractivity (Wildman–Crippen MR) is 127 cm³/mol. The van der Waals surface area contributed by atoms with Gasteiger partial charge in [0.25, 0.3) is 5.91 Å². The van der Waals surface area contributed by atoms with E-state index in [0.717, 1.165) is 37.7 Å². The number of piperidine rings is 1. The minimum absolute atomic E-state index is 0.00840. The summed E-state index contributed by atoms with van der Waals surface area (Å²) >= 11 is 0. The second-order valence-corrected chi connectivity index (χ2v) is 11.7. The van der Waals surface area contributed by atoms with Crippen LogP contribution in [0.2, 0.25) is 0 Å². The number of amides is 2. The Morgan fingerprint density at radius 3 is 2.32 bits per heavy atom. The molecule has 182 valence electrons. The maximum atomic E-state index is 13.7. The molecule has 2 amide bonds. The van der Waals surface area contributed by atoms with Crippen LogP contribution in [0.25, 0.3) is 0 Å². The summed E-state index contributed by atoms with van der Waals surface area (Å²) in [6.45, 7) is 2.05. The first-order valence-corrected chi connectivity index (χ1v) is 13.3. The van der Waals surface area contributed by atoms with Gasteiger partial charge in [0.15, 0.2) is 0 Å². The van der Waals surface area contributed by atoms with Gasteiger partial charge in [0.05, 0.1) is 19.3 Å². The van der Waals surface area contributed by atoms with Crippen LogP contribution in [0.1, 0.15) is 63.4 Å². The molecule has 6 heteroatoms. The van der Waals surface area contributed by atoms with Crippen LogP contribution in [0.5, 0.6) is 0 Å². The molecule has 6 fully saturated rings. The Morgan fingerprint density at radius 1 is 0.971 bits per heavy atom. The van der Waals surface area contributed by atoms with Gasteiger partial charge in [-0.3, -0.25) is 14.4 Å². The number of ketones is 1. The standard InChI is InChI=1S/C28H36N2O4/c31-25(28-14-20-11-21(15-28)13-22(12-20)16-28)27(33)30-23-7-4-8-24(30)26(32)29(17-23)9-10-34-18-19-5-2-1-3-6-19/h1-3,5-6,20-24H,4,7-18H2. The number of carbonyl (C=O) groups excluding carboxylic acids is 3. The summed E-state index contributed by atoms with van der Waals surface area (Å²) in [5, 5.41) is 0. The summed E-state index contributed by atoms with van der Waals surface area (Å²) in [4.78, 5) is 44.3. The number of Topliss-reactive ketones (excluding diaryl/α,β-unsaturated/α-hetero) is 1. The average Bonchev–Trinajstić information content (AvgIpc) is 2.83. The van der Waals surface area contributed by atoms with E-state index < -0.39 is 11.5 Å². The molecule has 6 aliphatic rings. The van der Waals surface area contributed by atoms with Crippen molar-refractivity contribution in [2.45, 2.75) is 76.5 Å². The van der Waals surface area contributed by atoms with Crippen LogP contribution in [0.4, 0.5) is 0 Å². The fourth-order valence-corrected chi connectivity index (χ4v) is 8.24. The number of likely N-dealkylation sites (tertiary alicyclic amines) is 1. The quantitative estimate of drug-likeness (QED) is 0.457. The zero-order valence-corrected chi connectivity index (χ0v) is 20.0. The topological polar surface area (TPSA) is 66.9 Å². The molecule has 6 nitrogen and oxygen atoms in total. The number of ether oxygens (including phenoxy) is 1. The molecule has 6 bridgehead atoms. The summed E-state index contributed by atoms with van der Waals surface area (Å²) in [5.41, 5.74) is 0.676. The van der Waals surface area contributed by atoms with Gasteiger partial charge in [-0.1, -0.05) is 30.3 Å². The van der Waals surface area contributed by atoms with Crippen molar-refractivity contribution in [3.8, 4) is 0 Å². The third-order valence-electron chi connectivity index (χ3n) is 9.34. The first kappa shape index (κ1) is 22.3. The van der Waals surface area contributed by atoms with Crippen LogP contribution in [-0.4, -0.2) is 59.2 Å². The van der Waals surface area contributed by atoms with Gasteiger partial charge in [-0.15, -0.1) is 0 Å². The Kier molecular flexibility index (Phi) is 5.75. The van der Waals surface area contributed by atoms with Gasteiger partial charge in [0.1, 0.15) is 6.04 Å². The number of nitrogens with zero attached hydrogens (tertiary/aromatic N) is 2. The van der Waals surface area contributed by atoms with E-state index in [1.165, 1.54) is 19.3 Å². The fraction of sp³-hybridized carbons (Fsp3) is 0.679. The van der Waals surface area contributed by atoms with Crippen LogP contribution in [0.15, 0.2) is 30.3 Å². The van der Waals surface area contributed by atoms with Crippen molar-refractivity contribution in [3.63, 3.8) is 0 Å². The van der Waals surface area contributed by atoms with E-state index in [4.69, 9.17) is 4.74 Å². The number of benzene rings is 1. The van der Waals surface area contributed by atoms with Gasteiger partial charge in [-0.25, -0.2) is 0 Å². The van der Waals surface area contributed by atoms with E-state index in [2.05, 4.69) is 0 Å². The van der Waals surface area contributed by atoms with E-state index in [1.54, 1.807) is 4.90 Å². The van der Waals surface area contributed by atoms with Crippen LogP contribution in [0, 0.1) is 23.2 Å². The van der Waals surface area contributed by atoms with E-state index >= 15 is 0 Å². The van der Waals surface area contributed by atoms with Crippen LogP contribution >= 0.6 is 0 Å². The lowest BCUT2D eigenvalue weighted by molar-refractivity contribution is -0.170. The van der Waals surface area contributed by atoms with E-state index in [-0.39, 0.29) is 23.6 Å². The molecule has 0 radical (unpaired) electrons. The summed E-state index contributed by atoms with van der Waals surface area (Å²) in [6, 6.07) is 9.49.